The number of rotatable bonds is 2. The summed E-state index contributed by atoms with van der Waals surface area (Å²) in [5.74, 6) is 0.320. The summed E-state index contributed by atoms with van der Waals surface area (Å²) in [5, 5.41) is 20.4. The van der Waals surface area contributed by atoms with Crippen molar-refractivity contribution in [1.29, 1.82) is 0 Å². The maximum atomic E-state index is 14.3. The fourth-order valence-electron chi connectivity index (χ4n) is 11.0. The van der Waals surface area contributed by atoms with Gasteiger partial charge in [0.25, 0.3) is 0 Å². The first-order valence-corrected chi connectivity index (χ1v) is 14.4. The van der Waals surface area contributed by atoms with Gasteiger partial charge < -0.3 is 15.9 Å². The van der Waals surface area contributed by atoms with Gasteiger partial charge in [-0.3, -0.25) is 9.59 Å². The van der Waals surface area contributed by atoms with Crippen molar-refractivity contribution in [3.63, 3.8) is 0 Å². The molecule has 5 heteroatoms. The minimum Gasteiger partial charge on any atom is -0.369 e. The highest BCUT2D eigenvalue weighted by atomic mass is 16.5. The summed E-state index contributed by atoms with van der Waals surface area (Å²) < 4.78 is 0. The molecule has 4 fully saturated rings. The second-order valence-electron chi connectivity index (χ2n) is 15.5. The van der Waals surface area contributed by atoms with Gasteiger partial charge in [0, 0.05) is 17.3 Å². The number of amides is 1. The van der Waals surface area contributed by atoms with Crippen LogP contribution >= 0.6 is 0 Å². The molecule has 0 aromatic heterocycles. The lowest BCUT2D eigenvalue weighted by molar-refractivity contribution is -0.219. The van der Waals surface area contributed by atoms with E-state index in [0.29, 0.717) is 0 Å². The summed E-state index contributed by atoms with van der Waals surface area (Å²) in [5.41, 5.74) is 6.16. The van der Waals surface area contributed by atoms with Gasteiger partial charge in [0.15, 0.2) is 12.1 Å². The lowest BCUT2D eigenvalue weighted by atomic mass is 9.33. The molecule has 5 rings (SSSR count). The molecule has 36 heavy (non-hydrogen) atoms. The molecule has 9 atom stereocenters. The highest BCUT2D eigenvalue weighted by Crippen LogP contribution is 2.75. The van der Waals surface area contributed by atoms with Crippen LogP contribution in [0.4, 0.5) is 0 Å². The van der Waals surface area contributed by atoms with Crippen LogP contribution < -0.4 is 5.73 Å². The Labute approximate surface area is 217 Å². The molecule has 0 aromatic rings. The van der Waals surface area contributed by atoms with Crippen LogP contribution in [0, 0.1) is 56.2 Å². The summed E-state index contributed by atoms with van der Waals surface area (Å²) in [6.45, 7) is 15.9. The van der Waals surface area contributed by atoms with Crippen molar-refractivity contribution >= 4 is 11.7 Å². The topological polar surface area (TPSA) is 101 Å². The highest BCUT2D eigenvalue weighted by Gasteiger charge is 2.70. The second-order valence-corrected chi connectivity index (χ2v) is 15.5. The zero-order chi connectivity index (χ0) is 26.7. The number of aliphatic hydroxyl groups excluding tert-OH is 1. The Kier molecular flexibility index (Phi) is 5.64. The first kappa shape index (κ1) is 26.4. The summed E-state index contributed by atoms with van der Waals surface area (Å²) in [6.07, 6.45) is 9.08. The Morgan fingerprint density at radius 2 is 1.58 bits per heavy atom. The molecular weight excluding hydrogens is 450 g/mol. The van der Waals surface area contributed by atoms with Crippen molar-refractivity contribution in [3.8, 4) is 0 Å². The molecule has 202 valence electrons. The molecule has 0 bridgehead atoms. The van der Waals surface area contributed by atoms with Crippen molar-refractivity contribution in [2.75, 3.05) is 0 Å². The van der Waals surface area contributed by atoms with E-state index in [1.807, 2.05) is 13.0 Å². The van der Waals surface area contributed by atoms with Crippen LogP contribution in [0.15, 0.2) is 11.6 Å². The molecule has 4 N–H and O–H groups in total. The SMILES string of the molecule is CC1(C)C2CC[C@]3(C)[C@H](C(=O)C=C4[C@H]5C[C@@](C)(C(N)=O)CC[C@]5(C)CC[C@]43C)[C@@]2(C)CC[C@H]1C(O)O. The van der Waals surface area contributed by atoms with E-state index in [1.54, 1.807) is 0 Å². The number of hydrogen-bond acceptors (Lipinski definition) is 4. The lowest BCUT2D eigenvalue weighted by Gasteiger charge is -2.70. The second kappa shape index (κ2) is 7.68. The van der Waals surface area contributed by atoms with E-state index in [-0.39, 0.29) is 62.4 Å². The monoisotopic (exact) mass is 499 g/mol. The molecule has 1 amide bonds. The molecule has 5 aliphatic carbocycles. The number of aliphatic hydroxyl groups is 2. The van der Waals surface area contributed by atoms with Gasteiger partial charge in [0.1, 0.15) is 0 Å². The first-order valence-electron chi connectivity index (χ1n) is 14.4. The van der Waals surface area contributed by atoms with Crippen molar-refractivity contribution in [2.24, 2.45) is 61.9 Å². The zero-order valence-corrected chi connectivity index (χ0v) is 23.6. The summed E-state index contributed by atoms with van der Waals surface area (Å²) >= 11 is 0. The van der Waals surface area contributed by atoms with E-state index >= 15 is 0 Å². The fraction of sp³-hybridized carbons (Fsp3) is 0.871. The third kappa shape index (κ3) is 3.14. The van der Waals surface area contributed by atoms with E-state index in [9.17, 15) is 19.8 Å². The molecule has 0 heterocycles. The van der Waals surface area contributed by atoms with E-state index in [0.717, 1.165) is 57.8 Å². The number of ketones is 1. The van der Waals surface area contributed by atoms with Crippen LogP contribution in [0.1, 0.15) is 106 Å². The Morgan fingerprint density at radius 1 is 0.944 bits per heavy atom. The number of carbonyl (C=O) groups excluding carboxylic acids is 2. The van der Waals surface area contributed by atoms with Gasteiger partial charge in [0.05, 0.1) is 0 Å². The van der Waals surface area contributed by atoms with Gasteiger partial charge in [-0.2, -0.15) is 0 Å². The molecule has 0 saturated heterocycles. The maximum absolute atomic E-state index is 14.3. The minimum atomic E-state index is -1.31. The zero-order valence-electron chi connectivity index (χ0n) is 23.6. The number of nitrogens with two attached hydrogens (primary N) is 1. The first-order chi connectivity index (χ1) is 16.5. The molecule has 5 nitrogen and oxygen atoms in total. The van der Waals surface area contributed by atoms with Crippen LogP contribution in [0.5, 0.6) is 0 Å². The van der Waals surface area contributed by atoms with Crippen LogP contribution in [0.2, 0.25) is 0 Å². The fourth-order valence-corrected chi connectivity index (χ4v) is 11.0. The van der Waals surface area contributed by atoms with Gasteiger partial charge in [-0.05, 0) is 103 Å². The number of allylic oxidation sites excluding steroid dienone is 2. The molecule has 0 aliphatic heterocycles. The average Bonchev–Trinajstić information content (AvgIpc) is 2.75. The molecular formula is C31H49NO4. The quantitative estimate of drug-likeness (QED) is 0.444. The van der Waals surface area contributed by atoms with Crippen LogP contribution in [-0.4, -0.2) is 28.2 Å². The molecule has 1 unspecified atom stereocenters. The lowest BCUT2D eigenvalue weighted by Crippen LogP contribution is -2.66. The third-order valence-electron chi connectivity index (χ3n) is 13.6. The Balaban J connectivity index is 1.60. The molecule has 0 radical (unpaired) electrons. The van der Waals surface area contributed by atoms with Crippen molar-refractivity contribution < 1.29 is 19.8 Å². The van der Waals surface area contributed by atoms with E-state index < -0.39 is 11.7 Å². The molecule has 0 aromatic carbocycles. The predicted octanol–water partition coefficient (Wildman–Crippen LogP) is 5.38. The minimum absolute atomic E-state index is 0.0657. The van der Waals surface area contributed by atoms with E-state index in [2.05, 4.69) is 41.5 Å². The molecule has 0 spiro atoms. The van der Waals surface area contributed by atoms with Crippen LogP contribution in [0.25, 0.3) is 0 Å². The number of hydrogen-bond donors (Lipinski definition) is 3. The van der Waals surface area contributed by atoms with Gasteiger partial charge in [0.2, 0.25) is 5.91 Å². The molecule has 4 saturated carbocycles. The van der Waals surface area contributed by atoms with Crippen molar-refractivity contribution in [2.45, 2.75) is 113 Å². The smallest absolute Gasteiger partial charge is 0.223 e. The largest absolute Gasteiger partial charge is 0.369 e. The highest BCUT2D eigenvalue weighted by molar-refractivity contribution is 5.95. The summed E-state index contributed by atoms with van der Waals surface area (Å²) in [6, 6.07) is 0. The van der Waals surface area contributed by atoms with Crippen molar-refractivity contribution in [1.82, 2.24) is 0 Å². The van der Waals surface area contributed by atoms with Crippen molar-refractivity contribution in [3.05, 3.63) is 11.6 Å². The number of fused-ring (bicyclic) bond motifs is 7. The van der Waals surface area contributed by atoms with Gasteiger partial charge in [-0.25, -0.2) is 0 Å². The predicted molar refractivity (Wildman–Crippen MR) is 140 cm³/mol. The van der Waals surface area contributed by atoms with Gasteiger partial charge >= 0.3 is 0 Å². The van der Waals surface area contributed by atoms with Crippen LogP contribution in [0.3, 0.4) is 0 Å². The third-order valence-corrected chi connectivity index (χ3v) is 13.6. The average molecular weight is 500 g/mol. The molecule has 5 aliphatic rings. The Hall–Kier alpha value is -1.20. The van der Waals surface area contributed by atoms with Gasteiger partial charge in [-0.15, -0.1) is 0 Å². The standard InChI is InChI=1S/C31H49NO4/c1-26(2)18(24(34)35)8-10-29(5)22(26)9-11-31(7)23(29)21(33)16-19-20-17-28(4,25(32)36)13-12-27(20,3)14-15-30(19,31)6/h16,18,20,22-24,34-35H,8-15,17H2,1-7H3,(H2,32,36)/t18-,20+,22?,23+,27+,28-,29-,30+,31+/m0/s1. The van der Waals surface area contributed by atoms with E-state index in [4.69, 9.17) is 5.73 Å². The number of carbonyl (C=O) groups is 2. The van der Waals surface area contributed by atoms with E-state index in [1.165, 1.54) is 5.57 Å². The maximum Gasteiger partial charge on any atom is 0.223 e. The Morgan fingerprint density at radius 3 is 2.19 bits per heavy atom. The normalized spacial score (nSPS) is 51.9. The van der Waals surface area contributed by atoms with Gasteiger partial charge in [-0.1, -0.05) is 54.0 Å². The van der Waals surface area contributed by atoms with Crippen LogP contribution in [-0.2, 0) is 9.59 Å². The number of primary amides is 1. The summed E-state index contributed by atoms with van der Waals surface area (Å²) in [4.78, 5) is 26.8. The summed E-state index contributed by atoms with van der Waals surface area (Å²) in [7, 11) is 0. The Bertz CT molecular complexity index is 1020.